The molecule has 0 aliphatic carbocycles. The van der Waals surface area contributed by atoms with E-state index in [2.05, 4.69) is 10.3 Å². The molecule has 0 saturated carbocycles. The molecular weight excluding hydrogens is 340 g/mol. The molecule has 2 aromatic heterocycles. The van der Waals surface area contributed by atoms with E-state index in [1.165, 1.54) is 18.4 Å². The Morgan fingerprint density at radius 3 is 2.76 bits per heavy atom. The highest BCUT2D eigenvalue weighted by molar-refractivity contribution is 7.14. The summed E-state index contributed by atoms with van der Waals surface area (Å²) in [5.74, 6) is 0.0832. The van der Waals surface area contributed by atoms with Crippen molar-refractivity contribution in [2.24, 2.45) is 0 Å². The van der Waals surface area contributed by atoms with Gasteiger partial charge in [-0.05, 0) is 35.7 Å². The number of nitrogens with one attached hydrogen (secondary N) is 1. The first kappa shape index (κ1) is 16.7. The zero-order chi connectivity index (χ0) is 17.6. The normalized spacial score (nSPS) is 10.1. The molecule has 0 radical (unpaired) electrons. The van der Waals surface area contributed by atoms with Crippen LogP contribution in [0.25, 0.3) is 0 Å². The number of carbonyl (C=O) groups is 2. The number of esters is 1. The van der Waals surface area contributed by atoms with Crippen molar-refractivity contribution in [2.75, 3.05) is 12.4 Å². The van der Waals surface area contributed by atoms with Crippen LogP contribution in [0.5, 0.6) is 11.6 Å². The van der Waals surface area contributed by atoms with Crippen molar-refractivity contribution in [2.45, 2.75) is 0 Å². The largest absolute Gasteiger partial charge is 0.465 e. The zero-order valence-corrected chi connectivity index (χ0v) is 14.1. The predicted octanol–water partition coefficient (Wildman–Crippen LogP) is 3.97. The maximum atomic E-state index is 12.5. The Balaban J connectivity index is 1.76. The highest BCUT2D eigenvalue weighted by Gasteiger charge is 2.16. The van der Waals surface area contributed by atoms with Crippen molar-refractivity contribution in [3.05, 3.63) is 71.2 Å². The molecule has 0 bridgehead atoms. The summed E-state index contributed by atoms with van der Waals surface area (Å²) in [5, 5.41) is 4.87. The molecule has 0 aliphatic rings. The first-order valence-corrected chi connectivity index (χ1v) is 8.21. The number of pyridine rings is 1. The van der Waals surface area contributed by atoms with Crippen LogP contribution >= 0.6 is 11.3 Å². The summed E-state index contributed by atoms with van der Waals surface area (Å²) in [6.45, 7) is 0. The molecule has 0 atom stereocenters. The minimum Gasteiger partial charge on any atom is -0.465 e. The van der Waals surface area contributed by atoms with Crippen LogP contribution in [-0.4, -0.2) is 24.0 Å². The van der Waals surface area contributed by atoms with E-state index in [-0.39, 0.29) is 5.91 Å². The number of ether oxygens (including phenoxy) is 2. The van der Waals surface area contributed by atoms with E-state index in [0.29, 0.717) is 27.8 Å². The van der Waals surface area contributed by atoms with Gasteiger partial charge in [0.25, 0.3) is 5.91 Å². The lowest BCUT2D eigenvalue weighted by Crippen LogP contribution is -2.13. The van der Waals surface area contributed by atoms with Gasteiger partial charge in [-0.1, -0.05) is 12.1 Å². The van der Waals surface area contributed by atoms with E-state index in [9.17, 15) is 9.59 Å². The number of methoxy groups -OCH3 is 1. The minimum absolute atomic E-state index is 0.321. The Bertz CT molecular complexity index is 893. The average Bonchev–Trinajstić information content (AvgIpc) is 3.10. The molecule has 1 amide bonds. The number of rotatable bonds is 5. The summed E-state index contributed by atoms with van der Waals surface area (Å²) in [6.07, 6.45) is 1.62. The van der Waals surface area contributed by atoms with Crippen LogP contribution in [0.3, 0.4) is 0 Å². The molecule has 2 heterocycles. The second-order valence-corrected chi connectivity index (χ2v) is 5.82. The number of hydrogen-bond acceptors (Lipinski definition) is 6. The van der Waals surface area contributed by atoms with Crippen LogP contribution in [0.1, 0.15) is 20.7 Å². The van der Waals surface area contributed by atoms with Gasteiger partial charge in [-0.3, -0.25) is 4.79 Å². The maximum Gasteiger partial charge on any atom is 0.340 e. The zero-order valence-electron chi connectivity index (χ0n) is 13.3. The molecule has 1 N–H and O–H groups in total. The van der Waals surface area contributed by atoms with E-state index < -0.39 is 5.97 Å². The van der Waals surface area contributed by atoms with E-state index in [4.69, 9.17) is 9.47 Å². The summed E-state index contributed by atoms with van der Waals surface area (Å²) >= 11 is 1.25. The van der Waals surface area contributed by atoms with Crippen molar-refractivity contribution in [3.63, 3.8) is 0 Å². The van der Waals surface area contributed by atoms with Gasteiger partial charge in [0, 0.05) is 17.8 Å². The lowest BCUT2D eigenvalue weighted by Gasteiger charge is -2.08. The number of nitrogens with zero attached hydrogens (tertiary/aromatic N) is 1. The number of hydrogen-bond donors (Lipinski definition) is 1. The van der Waals surface area contributed by atoms with Crippen LogP contribution in [0.15, 0.2) is 60.1 Å². The topological polar surface area (TPSA) is 77.5 Å². The second kappa shape index (κ2) is 7.59. The van der Waals surface area contributed by atoms with E-state index in [1.54, 1.807) is 54.0 Å². The molecule has 126 valence electrons. The average molecular weight is 354 g/mol. The van der Waals surface area contributed by atoms with Crippen molar-refractivity contribution in [1.29, 1.82) is 0 Å². The van der Waals surface area contributed by atoms with Crippen LogP contribution < -0.4 is 10.1 Å². The first-order chi connectivity index (χ1) is 12.2. The van der Waals surface area contributed by atoms with Crippen molar-refractivity contribution in [1.82, 2.24) is 4.98 Å². The predicted molar refractivity (Wildman–Crippen MR) is 94.4 cm³/mol. The Morgan fingerprint density at radius 2 is 2.00 bits per heavy atom. The molecule has 7 heteroatoms. The number of aromatic nitrogens is 1. The molecule has 3 rings (SSSR count). The molecule has 0 saturated heterocycles. The van der Waals surface area contributed by atoms with Crippen LogP contribution in [0.2, 0.25) is 0 Å². The van der Waals surface area contributed by atoms with Crippen LogP contribution in [0, 0.1) is 0 Å². The highest BCUT2D eigenvalue weighted by Crippen LogP contribution is 2.25. The Hall–Kier alpha value is -3.19. The summed E-state index contributed by atoms with van der Waals surface area (Å²) in [4.78, 5) is 28.2. The molecule has 0 spiro atoms. The van der Waals surface area contributed by atoms with Gasteiger partial charge in [-0.25, -0.2) is 9.78 Å². The highest BCUT2D eigenvalue weighted by atomic mass is 32.1. The molecule has 3 aromatic rings. The van der Waals surface area contributed by atoms with Gasteiger partial charge in [0.15, 0.2) is 0 Å². The standard InChI is InChI=1S/C18H14N2O4S/c1-23-18(22)14-8-10-25-17(14)20-16(21)12-5-4-6-13(11-12)24-15-7-2-3-9-19-15/h2-11H,1H3,(H,20,21). The van der Waals surface area contributed by atoms with Gasteiger partial charge in [0.2, 0.25) is 5.88 Å². The molecule has 0 fully saturated rings. The van der Waals surface area contributed by atoms with E-state index >= 15 is 0 Å². The second-order valence-electron chi connectivity index (χ2n) is 4.91. The van der Waals surface area contributed by atoms with Gasteiger partial charge in [0.05, 0.1) is 12.7 Å². The quantitative estimate of drug-likeness (QED) is 0.702. The molecular formula is C18H14N2O4S. The SMILES string of the molecule is COC(=O)c1ccsc1NC(=O)c1cccc(Oc2ccccn2)c1. The maximum absolute atomic E-state index is 12.5. The van der Waals surface area contributed by atoms with Gasteiger partial charge in [0.1, 0.15) is 10.8 Å². The van der Waals surface area contributed by atoms with Crippen molar-refractivity contribution < 1.29 is 19.1 Å². The number of anilines is 1. The number of amides is 1. The Labute approximate surface area is 148 Å². The number of benzene rings is 1. The van der Waals surface area contributed by atoms with Gasteiger partial charge < -0.3 is 14.8 Å². The van der Waals surface area contributed by atoms with Crippen molar-refractivity contribution in [3.8, 4) is 11.6 Å². The molecule has 1 aromatic carbocycles. The van der Waals surface area contributed by atoms with Crippen LogP contribution in [0.4, 0.5) is 5.00 Å². The van der Waals surface area contributed by atoms with E-state index in [0.717, 1.165) is 0 Å². The van der Waals surface area contributed by atoms with Crippen LogP contribution in [-0.2, 0) is 4.74 Å². The lowest BCUT2D eigenvalue weighted by molar-refractivity contribution is 0.0602. The summed E-state index contributed by atoms with van der Waals surface area (Å²) < 4.78 is 10.3. The monoisotopic (exact) mass is 354 g/mol. The molecule has 6 nitrogen and oxygen atoms in total. The molecule has 0 aliphatic heterocycles. The van der Waals surface area contributed by atoms with E-state index in [1.807, 2.05) is 6.07 Å². The third-order valence-corrected chi connectivity index (χ3v) is 4.08. The number of carbonyl (C=O) groups excluding carboxylic acids is 2. The summed E-state index contributed by atoms with van der Waals surface area (Å²) in [5.41, 5.74) is 0.722. The minimum atomic E-state index is -0.496. The molecule has 0 unspecified atom stereocenters. The summed E-state index contributed by atoms with van der Waals surface area (Å²) in [7, 11) is 1.30. The fraction of sp³-hybridized carbons (Fsp3) is 0.0556. The van der Waals surface area contributed by atoms with Gasteiger partial charge >= 0.3 is 5.97 Å². The van der Waals surface area contributed by atoms with Gasteiger partial charge in [-0.15, -0.1) is 11.3 Å². The fourth-order valence-corrected chi connectivity index (χ4v) is 2.85. The Kier molecular flexibility index (Phi) is 5.06. The lowest BCUT2D eigenvalue weighted by atomic mass is 10.2. The smallest absolute Gasteiger partial charge is 0.340 e. The fourth-order valence-electron chi connectivity index (χ4n) is 2.08. The molecule has 25 heavy (non-hydrogen) atoms. The van der Waals surface area contributed by atoms with Crippen molar-refractivity contribution >= 4 is 28.2 Å². The summed E-state index contributed by atoms with van der Waals surface area (Å²) in [6, 6.07) is 13.6. The Morgan fingerprint density at radius 1 is 1.12 bits per heavy atom. The third kappa shape index (κ3) is 4.02. The third-order valence-electron chi connectivity index (χ3n) is 3.25. The first-order valence-electron chi connectivity index (χ1n) is 7.33. The van der Waals surface area contributed by atoms with Gasteiger partial charge in [-0.2, -0.15) is 0 Å². The number of thiophene rings is 1.